The summed E-state index contributed by atoms with van der Waals surface area (Å²) in [5.41, 5.74) is 5.47. The van der Waals surface area contributed by atoms with Crippen LogP contribution in [-0.2, 0) is 0 Å². The third-order valence-corrected chi connectivity index (χ3v) is 2.55. The Bertz CT molecular complexity index is 164. The van der Waals surface area contributed by atoms with Crippen molar-refractivity contribution in [3.05, 3.63) is 0 Å². The van der Waals surface area contributed by atoms with Crippen molar-refractivity contribution in [2.45, 2.75) is 44.7 Å². The highest BCUT2D eigenvalue weighted by molar-refractivity contribution is 5.74. The summed E-state index contributed by atoms with van der Waals surface area (Å²) in [5, 5.41) is 5.75. The summed E-state index contributed by atoms with van der Waals surface area (Å²) in [6, 6.07) is 0.442. The Morgan fingerprint density at radius 1 is 1.62 bits per heavy atom. The molecule has 4 nitrogen and oxygen atoms in total. The van der Waals surface area contributed by atoms with Gasteiger partial charge in [0.15, 0.2) is 0 Å². The second-order valence-corrected chi connectivity index (χ2v) is 3.59. The Balaban J connectivity index is 2.14. The number of nitrogens with one attached hydrogen (secondary N) is 2. The van der Waals surface area contributed by atoms with Crippen LogP contribution in [0.1, 0.15) is 32.6 Å². The topological polar surface area (TPSA) is 67.1 Å². The van der Waals surface area contributed by atoms with Crippen LogP contribution in [0, 0.1) is 0 Å². The van der Waals surface area contributed by atoms with Gasteiger partial charge in [-0.05, 0) is 25.7 Å². The maximum absolute atomic E-state index is 11.3. The minimum atomic E-state index is -0.0676. The molecule has 1 aliphatic rings. The molecule has 2 amide bonds. The summed E-state index contributed by atoms with van der Waals surface area (Å²) in [5.74, 6) is 0. The number of amides is 2. The lowest BCUT2D eigenvalue weighted by molar-refractivity contribution is 0.224. The third kappa shape index (κ3) is 3.22. The number of urea groups is 1. The number of carbonyl (C=O) groups is 1. The summed E-state index contributed by atoms with van der Waals surface area (Å²) in [6.07, 6.45) is 4.35. The largest absolute Gasteiger partial charge is 0.335 e. The Morgan fingerprint density at radius 3 is 2.69 bits per heavy atom. The molecule has 1 saturated carbocycles. The molecule has 1 rings (SSSR count). The highest BCUT2D eigenvalue weighted by atomic mass is 16.2. The quantitative estimate of drug-likeness (QED) is 0.599. The fourth-order valence-electron chi connectivity index (χ4n) is 1.29. The third-order valence-electron chi connectivity index (χ3n) is 2.55. The first kappa shape index (κ1) is 10.3. The van der Waals surface area contributed by atoms with E-state index in [1.807, 2.05) is 6.92 Å². The fourth-order valence-corrected chi connectivity index (χ4v) is 1.29. The zero-order chi connectivity index (χ0) is 9.68. The minimum Gasteiger partial charge on any atom is -0.335 e. The summed E-state index contributed by atoms with van der Waals surface area (Å²) >= 11 is 0. The first-order valence-electron chi connectivity index (χ1n) is 5.03. The van der Waals surface area contributed by atoms with Crippen molar-refractivity contribution in [2.24, 2.45) is 5.73 Å². The minimum absolute atomic E-state index is 0.0676. The predicted octanol–water partition coefficient (Wildman–Crippen LogP) is 0.575. The van der Waals surface area contributed by atoms with E-state index in [1.165, 1.54) is 6.42 Å². The number of hydrogen-bond acceptors (Lipinski definition) is 2. The lowest BCUT2D eigenvalue weighted by atomic mass is 9.93. The highest BCUT2D eigenvalue weighted by Gasteiger charge is 2.19. The molecule has 0 spiro atoms. The van der Waals surface area contributed by atoms with Crippen LogP contribution in [0.4, 0.5) is 4.79 Å². The first-order chi connectivity index (χ1) is 6.26. The van der Waals surface area contributed by atoms with Crippen LogP contribution < -0.4 is 16.4 Å². The van der Waals surface area contributed by atoms with Crippen molar-refractivity contribution < 1.29 is 4.79 Å². The van der Waals surface area contributed by atoms with Gasteiger partial charge in [0.05, 0.1) is 0 Å². The van der Waals surface area contributed by atoms with Gasteiger partial charge in [-0.1, -0.05) is 6.92 Å². The van der Waals surface area contributed by atoms with Crippen LogP contribution >= 0.6 is 0 Å². The van der Waals surface area contributed by atoms with Gasteiger partial charge < -0.3 is 16.4 Å². The molecule has 4 N–H and O–H groups in total. The van der Waals surface area contributed by atoms with E-state index in [9.17, 15) is 4.79 Å². The molecule has 0 aromatic rings. The van der Waals surface area contributed by atoms with E-state index in [2.05, 4.69) is 10.6 Å². The van der Waals surface area contributed by atoms with Crippen molar-refractivity contribution in [1.29, 1.82) is 0 Å². The molecular formula is C9H19N3O. The van der Waals surface area contributed by atoms with E-state index in [0.717, 1.165) is 19.3 Å². The summed E-state index contributed by atoms with van der Waals surface area (Å²) in [6.45, 7) is 2.52. The fraction of sp³-hybridized carbons (Fsp3) is 0.889. The van der Waals surface area contributed by atoms with E-state index in [4.69, 9.17) is 5.73 Å². The normalized spacial score (nSPS) is 18.9. The Morgan fingerprint density at radius 2 is 2.31 bits per heavy atom. The Kier molecular flexibility index (Phi) is 4.02. The second-order valence-electron chi connectivity index (χ2n) is 3.59. The van der Waals surface area contributed by atoms with Crippen LogP contribution in [0.3, 0.4) is 0 Å². The molecule has 0 aromatic heterocycles. The molecule has 13 heavy (non-hydrogen) atoms. The molecule has 1 fully saturated rings. The highest BCUT2D eigenvalue weighted by Crippen LogP contribution is 2.17. The molecule has 0 aromatic carbocycles. The van der Waals surface area contributed by atoms with Gasteiger partial charge in [0.2, 0.25) is 0 Å². The Hall–Kier alpha value is -0.770. The standard InChI is InChI=1S/C9H19N3O/c1-2-7(6-10)11-9(13)12-8-4-3-5-8/h7-8H,2-6,10H2,1H3,(H2,11,12,13). The van der Waals surface area contributed by atoms with E-state index in [1.54, 1.807) is 0 Å². The lowest BCUT2D eigenvalue weighted by Crippen LogP contribution is -2.50. The predicted molar refractivity (Wildman–Crippen MR) is 52.4 cm³/mol. The molecule has 0 heterocycles. The van der Waals surface area contributed by atoms with Gasteiger partial charge in [-0.3, -0.25) is 0 Å². The average Bonchev–Trinajstić information content (AvgIpc) is 2.07. The summed E-state index contributed by atoms with van der Waals surface area (Å²) < 4.78 is 0. The van der Waals surface area contributed by atoms with Gasteiger partial charge in [-0.25, -0.2) is 4.79 Å². The van der Waals surface area contributed by atoms with Crippen LogP contribution in [-0.4, -0.2) is 24.7 Å². The molecule has 4 heteroatoms. The smallest absolute Gasteiger partial charge is 0.315 e. The maximum Gasteiger partial charge on any atom is 0.315 e. The molecular weight excluding hydrogens is 166 g/mol. The zero-order valence-corrected chi connectivity index (χ0v) is 8.18. The summed E-state index contributed by atoms with van der Waals surface area (Å²) in [7, 11) is 0. The Labute approximate surface area is 79.3 Å². The number of rotatable bonds is 4. The molecule has 76 valence electrons. The molecule has 0 saturated heterocycles. The number of nitrogens with two attached hydrogens (primary N) is 1. The van der Waals surface area contributed by atoms with Crippen LogP contribution in [0.25, 0.3) is 0 Å². The monoisotopic (exact) mass is 185 g/mol. The molecule has 0 bridgehead atoms. The van der Waals surface area contributed by atoms with Crippen molar-refractivity contribution in [1.82, 2.24) is 10.6 Å². The van der Waals surface area contributed by atoms with Crippen molar-refractivity contribution >= 4 is 6.03 Å². The van der Waals surface area contributed by atoms with Crippen molar-refractivity contribution in [3.63, 3.8) is 0 Å². The van der Waals surface area contributed by atoms with Crippen molar-refractivity contribution in [2.75, 3.05) is 6.54 Å². The summed E-state index contributed by atoms with van der Waals surface area (Å²) in [4.78, 5) is 11.3. The number of hydrogen-bond donors (Lipinski definition) is 3. The molecule has 0 aliphatic heterocycles. The lowest BCUT2D eigenvalue weighted by Gasteiger charge is -2.27. The van der Waals surface area contributed by atoms with E-state index >= 15 is 0 Å². The van der Waals surface area contributed by atoms with Gasteiger partial charge in [-0.2, -0.15) is 0 Å². The average molecular weight is 185 g/mol. The van der Waals surface area contributed by atoms with Gasteiger partial charge >= 0.3 is 6.03 Å². The molecule has 1 unspecified atom stereocenters. The molecule has 1 atom stereocenters. The van der Waals surface area contributed by atoms with Crippen LogP contribution in [0.15, 0.2) is 0 Å². The van der Waals surface area contributed by atoms with E-state index < -0.39 is 0 Å². The van der Waals surface area contributed by atoms with Crippen LogP contribution in [0.2, 0.25) is 0 Å². The van der Waals surface area contributed by atoms with Gasteiger partial charge in [0.1, 0.15) is 0 Å². The van der Waals surface area contributed by atoms with Crippen molar-refractivity contribution in [3.8, 4) is 0 Å². The van der Waals surface area contributed by atoms with Gasteiger partial charge in [-0.15, -0.1) is 0 Å². The SMILES string of the molecule is CCC(CN)NC(=O)NC1CCC1. The molecule has 0 radical (unpaired) electrons. The van der Waals surface area contributed by atoms with Crippen LogP contribution in [0.5, 0.6) is 0 Å². The number of carbonyl (C=O) groups excluding carboxylic acids is 1. The van der Waals surface area contributed by atoms with Gasteiger partial charge in [0.25, 0.3) is 0 Å². The first-order valence-corrected chi connectivity index (χ1v) is 5.03. The molecule has 1 aliphatic carbocycles. The zero-order valence-electron chi connectivity index (χ0n) is 8.18. The van der Waals surface area contributed by atoms with Gasteiger partial charge in [0, 0.05) is 18.6 Å². The second kappa shape index (κ2) is 5.07. The van der Waals surface area contributed by atoms with E-state index in [0.29, 0.717) is 12.6 Å². The van der Waals surface area contributed by atoms with E-state index in [-0.39, 0.29) is 12.1 Å². The maximum atomic E-state index is 11.3.